The molecule has 1 aliphatic carbocycles. The zero-order valence-electron chi connectivity index (χ0n) is 24.0. The van der Waals surface area contributed by atoms with Crippen LogP contribution in [0.1, 0.15) is 35.4 Å². The number of aromatic nitrogens is 2. The van der Waals surface area contributed by atoms with Crippen molar-refractivity contribution in [2.24, 2.45) is 0 Å². The molecule has 2 heterocycles. The minimum Gasteiger partial charge on any atom is -0.265 e. The third-order valence-corrected chi connectivity index (χ3v) is 9.05. The van der Waals surface area contributed by atoms with Crippen molar-refractivity contribution in [3.8, 4) is 33.4 Å². The van der Waals surface area contributed by atoms with Gasteiger partial charge >= 0.3 is 0 Å². The van der Waals surface area contributed by atoms with E-state index in [1.165, 1.54) is 54.9 Å². The molecule has 0 bridgehead atoms. The van der Waals surface area contributed by atoms with Crippen molar-refractivity contribution < 1.29 is 0 Å². The van der Waals surface area contributed by atoms with Gasteiger partial charge in [0.2, 0.25) is 0 Å². The molecule has 0 saturated carbocycles. The highest BCUT2D eigenvalue weighted by Gasteiger charge is 2.28. The summed E-state index contributed by atoms with van der Waals surface area (Å²) in [6.45, 7) is 2.38. The van der Waals surface area contributed by atoms with Gasteiger partial charge in [-0.15, -0.1) is 0 Å². The lowest BCUT2D eigenvalue weighted by Gasteiger charge is -2.30. The van der Waals surface area contributed by atoms with Crippen LogP contribution in [-0.2, 0) is 0 Å². The predicted octanol–water partition coefficient (Wildman–Crippen LogP) is 10.7. The van der Waals surface area contributed by atoms with E-state index in [9.17, 15) is 0 Å². The Kier molecular flexibility index (Phi) is 6.19. The lowest BCUT2D eigenvalue weighted by atomic mass is 9.73. The van der Waals surface area contributed by atoms with Gasteiger partial charge in [0, 0.05) is 41.8 Å². The van der Waals surface area contributed by atoms with E-state index in [0.29, 0.717) is 5.92 Å². The quantitative estimate of drug-likeness (QED) is 0.204. The summed E-state index contributed by atoms with van der Waals surface area (Å²) >= 11 is 0. The Hall–Kier alpha value is -5.34. The van der Waals surface area contributed by atoms with E-state index in [1.807, 2.05) is 36.9 Å². The minimum atomic E-state index is 0.259. The molecule has 1 aliphatic rings. The number of hydrogen-bond donors (Lipinski definition) is 0. The molecule has 2 atom stereocenters. The van der Waals surface area contributed by atoms with Crippen molar-refractivity contribution in [2.75, 3.05) is 0 Å². The Morgan fingerprint density at radius 2 is 1.14 bits per heavy atom. The fraction of sp³-hybridized carbons (Fsp3) is 0.0732. The fourth-order valence-corrected chi connectivity index (χ4v) is 6.96. The molecule has 8 rings (SSSR count). The summed E-state index contributed by atoms with van der Waals surface area (Å²) in [6, 6.07) is 41.9. The summed E-state index contributed by atoms with van der Waals surface area (Å²) in [5.74, 6) is 0.583. The monoisotopic (exact) mass is 550 g/mol. The molecular formula is C41H30N2. The van der Waals surface area contributed by atoms with Crippen LogP contribution in [0.25, 0.3) is 61.0 Å². The van der Waals surface area contributed by atoms with Crippen molar-refractivity contribution in [2.45, 2.75) is 18.8 Å². The molecule has 0 radical (unpaired) electrons. The number of rotatable bonds is 4. The first kappa shape index (κ1) is 25.4. The molecule has 204 valence electrons. The van der Waals surface area contributed by atoms with Crippen molar-refractivity contribution in [3.05, 3.63) is 163 Å². The first-order chi connectivity index (χ1) is 21.3. The molecule has 2 aromatic heterocycles. The van der Waals surface area contributed by atoms with Gasteiger partial charge in [0.05, 0.1) is 0 Å². The molecule has 2 heteroatoms. The Bertz CT molecular complexity index is 2090. The van der Waals surface area contributed by atoms with E-state index in [1.54, 1.807) is 0 Å². The van der Waals surface area contributed by atoms with E-state index < -0.39 is 0 Å². The SMILES string of the molecule is CC1c2ccc(-c3cncc(-c4ccncc4)c3)cc2C=CC1c1c2ccccc2c(-c2ccccc2)c2ccccc12. The average molecular weight is 551 g/mol. The molecule has 7 aromatic rings. The van der Waals surface area contributed by atoms with Crippen LogP contribution >= 0.6 is 0 Å². The highest BCUT2D eigenvalue weighted by atomic mass is 14.6. The lowest BCUT2D eigenvalue weighted by Crippen LogP contribution is -2.12. The molecule has 0 spiro atoms. The normalized spacial score (nSPS) is 15.9. The Morgan fingerprint density at radius 1 is 0.512 bits per heavy atom. The number of pyridine rings is 2. The molecule has 0 saturated heterocycles. The summed E-state index contributed by atoms with van der Waals surface area (Å²) in [5.41, 5.74) is 11.2. The fourth-order valence-electron chi connectivity index (χ4n) is 6.96. The third-order valence-electron chi connectivity index (χ3n) is 9.05. The molecule has 0 N–H and O–H groups in total. The van der Waals surface area contributed by atoms with Crippen molar-refractivity contribution in [1.82, 2.24) is 9.97 Å². The van der Waals surface area contributed by atoms with Crippen LogP contribution in [-0.4, -0.2) is 9.97 Å². The van der Waals surface area contributed by atoms with E-state index in [4.69, 9.17) is 0 Å². The highest BCUT2D eigenvalue weighted by molar-refractivity contribution is 6.15. The Morgan fingerprint density at radius 3 is 1.84 bits per heavy atom. The largest absolute Gasteiger partial charge is 0.265 e. The smallest absolute Gasteiger partial charge is 0.0346 e. The number of fused-ring (bicyclic) bond motifs is 3. The third kappa shape index (κ3) is 4.35. The standard InChI is InChI=1S/C41H30N2/c1-27-34-17-15-30(33-24-32(25-43-26-33)28-19-21-42-22-20-28)23-31(34)16-18-35(27)41-38-13-7-5-11-36(38)40(29-9-3-2-4-10-29)37-12-6-8-14-39(37)41/h2-27,35H,1H3. The molecular weight excluding hydrogens is 520 g/mol. The van der Waals surface area contributed by atoms with E-state index in [0.717, 1.165) is 16.7 Å². The van der Waals surface area contributed by atoms with E-state index in [2.05, 4.69) is 132 Å². The van der Waals surface area contributed by atoms with E-state index in [-0.39, 0.29) is 5.92 Å². The number of nitrogens with zero attached hydrogens (tertiary/aromatic N) is 2. The minimum absolute atomic E-state index is 0.259. The van der Waals surface area contributed by atoms with Crippen molar-refractivity contribution in [3.63, 3.8) is 0 Å². The summed E-state index contributed by atoms with van der Waals surface area (Å²) in [5, 5.41) is 5.29. The molecule has 5 aromatic carbocycles. The average Bonchev–Trinajstić information content (AvgIpc) is 3.08. The molecule has 2 unspecified atom stereocenters. The van der Waals surface area contributed by atoms with Crippen LogP contribution in [0.15, 0.2) is 146 Å². The molecule has 0 aliphatic heterocycles. The molecule has 0 fully saturated rings. The number of allylic oxidation sites excluding steroid dienone is 1. The van der Waals surface area contributed by atoms with Gasteiger partial charge < -0.3 is 0 Å². The van der Waals surface area contributed by atoms with Gasteiger partial charge in [-0.3, -0.25) is 9.97 Å². The van der Waals surface area contributed by atoms with Crippen molar-refractivity contribution >= 4 is 27.6 Å². The number of benzene rings is 5. The van der Waals surface area contributed by atoms with Crippen LogP contribution in [0, 0.1) is 0 Å². The second-order valence-corrected chi connectivity index (χ2v) is 11.5. The Balaban J connectivity index is 1.24. The maximum Gasteiger partial charge on any atom is 0.0346 e. The summed E-state index contributed by atoms with van der Waals surface area (Å²) in [7, 11) is 0. The molecule has 0 amide bonds. The highest BCUT2D eigenvalue weighted by Crippen LogP contribution is 2.48. The maximum absolute atomic E-state index is 4.56. The Labute approximate surface area is 252 Å². The van der Waals surface area contributed by atoms with Gasteiger partial charge in [0.15, 0.2) is 0 Å². The second-order valence-electron chi connectivity index (χ2n) is 11.5. The van der Waals surface area contributed by atoms with Gasteiger partial charge in [-0.2, -0.15) is 0 Å². The first-order valence-corrected chi connectivity index (χ1v) is 14.9. The molecule has 43 heavy (non-hydrogen) atoms. The zero-order valence-corrected chi connectivity index (χ0v) is 24.0. The maximum atomic E-state index is 4.56. The van der Waals surface area contributed by atoms with Crippen LogP contribution in [0.2, 0.25) is 0 Å². The van der Waals surface area contributed by atoms with Gasteiger partial charge in [-0.05, 0) is 90.7 Å². The lowest BCUT2D eigenvalue weighted by molar-refractivity contribution is 0.677. The topological polar surface area (TPSA) is 25.8 Å². The van der Waals surface area contributed by atoms with Gasteiger partial charge in [-0.25, -0.2) is 0 Å². The van der Waals surface area contributed by atoms with Gasteiger partial charge in [-0.1, -0.05) is 110 Å². The van der Waals surface area contributed by atoms with Crippen LogP contribution in [0.5, 0.6) is 0 Å². The predicted molar refractivity (Wildman–Crippen MR) is 180 cm³/mol. The first-order valence-electron chi connectivity index (χ1n) is 14.9. The van der Waals surface area contributed by atoms with Crippen LogP contribution in [0.3, 0.4) is 0 Å². The van der Waals surface area contributed by atoms with Gasteiger partial charge in [0.1, 0.15) is 0 Å². The van der Waals surface area contributed by atoms with Crippen LogP contribution < -0.4 is 0 Å². The van der Waals surface area contributed by atoms with Crippen LogP contribution in [0.4, 0.5) is 0 Å². The summed E-state index contributed by atoms with van der Waals surface area (Å²) in [6.07, 6.45) is 12.3. The second kappa shape index (κ2) is 10.5. The van der Waals surface area contributed by atoms with Crippen molar-refractivity contribution in [1.29, 1.82) is 0 Å². The summed E-state index contributed by atoms with van der Waals surface area (Å²) in [4.78, 5) is 8.72. The summed E-state index contributed by atoms with van der Waals surface area (Å²) < 4.78 is 0. The zero-order chi connectivity index (χ0) is 28.8. The van der Waals surface area contributed by atoms with E-state index >= 15 is 0 Å². The van der Waals surface area contributed by atoms with Gasteiger partial charge in [0.25, 0.3) is 0 Å². The number of hydrogen-bond acceptors (Lipinski definition) is 2. The molecule has 2 nitrogen and oxygen atoms in total.